The quantitative estimate of drug-likeness (QED) is 0.593. The Kier molecular flexibility index (Phi) is 6.67. The molecule has 0 aromatic heterocycles. The van der Waals surface area contributed by atoms with E-state index >= 15 is 0 Å². The molecule has 7 heteroatoms. The van der Waals surface area contributed by atoms with Gasteiger partial charge in [-0.05, 0) is 73.8 Å². The number of nitrogens with one attached hydrogen (secondary N) is 2. The fourth-order valence-corrected chi connectivity index (χ4v) is 3.91. The lowest BCUT2D eigenvalue weighted by Gasteiger charge is -2.33. The van der Waals surface area contributed by atoms with E-state index in [1.807, 2.05) is 6.92 Å². The summed E-state index contributed by atoms with van der Waals surface area (Å²) < 4.78 is 38.5. The van der Waals surface area contributed by atoms with Gasteiger partial charge in [-0.15, -0.1) is 0 Å². The molecule has 0 saturated carbocycles. The van der Waals surface area contributed by atoms with Gasteiger partial charge in [-0.1, -0.05) is 25.1 Å². The highest BCUT2D eigenvalue weighted by molar-refractivity contribution is 7.80. The predicted octanol–water partition coefficient (Wildman–Crippen LogP) is 5.99. The van der Waals surface area contributed by atoms with Crippen LogP contribution in [-0.2, 0) is 6.18 Å². The highest BCUT2D eigenvalue weighted by Gasteiger charge is 2.30. The SMILES string of the molecule is C[C@@H]1CCCN(c2ccc([C@H](C)NC(=S)Nc3cccc(C(F)(F)F)c3)cc2)C1. The van der Waals surface area contributed by atoms with E-state index in [-0.39, 0.29) is 11.2 Å². The molecule has 0 radical (unpaired) electrons. The van der Waals surface area contributed by atoms with Crippen molar-refractivity contribution in [1.29, 1.82) is 0 Å². The zero-order valence-electron chi connectivity index (χ0n) is 16.6. The summed E-state index contributed by atoms with van der Waals surface area (Å²) in [6, 6.07) is 13.3. The number of benzene rings is 2. The maximum absolute atomic E-state index is 12.8. The normalized spacial score (nSPS) is 18.2. The molecule has 0 spiro atoms. The molecule has 156 valence electrons. The molecule has 2 aromatic carbocycles. The van der Waals surface area contributed by atoms with Gasteiger partial charge < -0.3 is 15.5 Å². The van der Waals surface area contributed by atoms with Crippen molar-refractivity contribution in [3.05, 3.63) is 59.7 Å². The minimum atomic E-state index is -4.38. The largest absolute Gasteiger partial charge is 0.416 e. The van der Waals surface area contributed by atoms with E-state index in [0.29, 0.717) is 11.6 Å². The molecule has 0 amide bonds. The molecule has 1 aliphatic heterocycles. The topological polar surface area (TPSA) is 27.3 Å². The van der Waals surface area contributed by atoms with Crippen LogP contribution in [0.5, 0.6) is 0 Å². The van der Waals surface area contributed by atoms with Gasteiger partial charge in [0.15, 0.2) is 5.11 Å². The van der Waals surface area contributed by atoms with Crippen LogP contribution in [0.3, 0.4) is 0 Å². The van der Waals surface area contributed by atoms with Crippen molar-refractivity contribution in [2.45, 2.75) is 38.9 Å². The lowest BCUT2D eigenvalue weighted by molar-refractivity contribution is -0.137. The van der Waals surface area contributed by atoms with E-state index in [4.69, 9.17) is 12.2 Å². The highest BCUT2D eigenvalue weighted by atomic mass is 32.1. The van der Waals surface area contributed by atoms with Crippen LogP contribution in [0.1, 0.15) is 43.9 Å². The average Bonchev–Trinajstić information content (AvgIpc) is 2.67. The standard InChI is InChI=1S/C22H26F3N3S/c1-15-5-4-12-28(14-15)20-10-8-17(9-11-20)16(2)26-21(29)27-19-7-3-6-18(13-19)22(23,24)25/h3,6-11,13,15-16H,4-5,12,14H2,1-2H3,(H2,26,27,29)/t15-,16+/m1/s1. The maximum Gasteiger partial charge on any atom is 0.416 e. The van der Waals surface area contributed by atoms with Crippen LogP contribution < -0.4 is 15.5 Å². The molecule has 29 heavy (non-hydrogen) atoms. The van der Waals surface area contributed by atoms with Gasteiger partial charge in [0.05, 0.1) is 11.6 Å². The van der Waals surface area contributed by atoms with Crippen LogP contribution in [0.2, 0.25) is 0 Å². The van der Waals surface area contributed by atoms with Gasteiger partial charge in [-0.3, -0.25) is 0 Å². The summed E-state index contributed by atoms with van der Waals surface area (Å²) in [4.78, 5) is 2.41. The number of hydrogen-bond acceptors (Lipinski definition) is 2. The van der Waals surface area contributed by atoms with Crippen molar-refractivity contribution in [2.24, 2.45) is 5.92 Å². The first-order chi connectivity index (χ1) is 13.7. The third-order valence-electron chi connectivity index (χ3n) is 5.21. The predicted molar refractivity (Wildman–Crippen MR) is 116 cm³/mol. The number of halogens is 3. The van der Waals surface area contributed by atoms with E-state index in [9.17, 15) is 13.2 Å². The average molecular weight is 422 g/mol. The second kappa shape index (κ2) is 9.03. The maximum atomic E-state index is 12.8. The first-order valence-corrected chi connectivity index (χ1v) is 10.2. The van der Waals surface area contributed by atoms with E-state index in [1.54, 1.807) is 6.07 Å². The van der Waals surface area contributed by atoms with Gasteiger partial charge in [0.25, 0.3) is 0 Å². The van der Waals surface area contributed by atoms with E-state index < -0.39 is 11.7 Å². The Hall–Kier alpha value is -2.28. The fourth-order valence-electron chi connectivity index (χ4n) is 3.62. The second-order valence-electron chi connectivity index (χ2n) is 7.68. The van der Waals surface area contributed by atoms with Gasteiger partial charge in [-0.25, -0.2) is 0 Å². The molecule has 3 rings (SSSR count). The molecular weight excluding hydrogens is 395 g/mol. The number of thiocarbonyl (C=S) groups is 1. The molecule has 3 nitrogen and oxygen atoms in total. The Morgan fingerprint density at radius 3 is 2.55 bits per heavy atom. The molecule has 1 fully saturated rings. The second-order valence-corrected chi connectivity index (χ2v) is 8.09. The van der Waals surface area contributed by atoms with Crippen LogP contribution in [0.4, 0.5) is 24.5 Å². The number of alkyl halides is 3. The zero-order valence-corrected chi connectivity index (χ0v) is 17.4. The molecule has 1 saturated heterocycles. The molecule has 0 unspecified atom stereocenters. The number of anilines is 2. The van der Waals surface area contributed by atoms with Crippen molar-refractivity contribution in [1.82, 2.24) is 5.32 Å². The van der Waals surface area contributed by atoms with Crippen molar-refractivity contribution in [3.8, 4) is 0 Å². The Morgan fingerprint density at radius 1 is 1.17 bits per heavy atom. The summed E-state index contributed by atoms with van der Waals surface area (Å²) in [5, 5.41) is 6.25. The van der Waals surface area contributed by atoms with Crippen molar-refractivity contribution < 1.29 is 13.2 Å². The minimum Gasteiger partial charge on any atom is -0.371 e. The Balaban J connectivity index is 1.58. The van der Waals surface area contributed by atoms with Gasteiger partial charge in [-0.2, -0.15) is 13.2 Å². The van der Waals surface area contributed by atoms with Gasteiger partial charge in [0.2, 0.25) is 0 Å². The highest BCUT2D eigenvalue weighted by Crippen LogP contribution is 2.30. The number of hydrogen-bond donors (Lipinski definition) is 2. The summed E-state index contributed by atoms with van der Waals surface area (Å²) in [5.74, 6) is 0.711. The molecule has 0 bridgehead atoms. The lowest BCUT2D eigenvalue weighted by Crippen LogP contribution is -2.34. The number of rotatable bonds is 4. The summed E-state index contributed by atoms with van der Waals surface area (Å²) in [6.07, 6.45) is -1.88. The Bertz CT molecular complexity index is 836. The summed E-state index contributed by atoms with van der Waals surface area (Å²) in [5.41, 5.74) is 1.88. The van der Waals surface area contributed by atoms with E-state index in [1.165, 1.54) is 24.6 Å². The first kappa shape index (κ1) is 21.4. The van der Waals surface area contributed by atoms with Crippen LogP contribution in [0, 0.1) is 5.92 Å². The van der Waals surface area contributed by atoms with Crippen LogP contribution in [-0.4, -0.2) is 18.2 Å². The summed E-state index contributed by atoms with van der Waals surface area (Å²) in [7, 11) is 0. The van der Waals surface area contributed by atoms with Crippen LogP contribution in [0.25, 0.3) is 0 Å². The zero-order chi connectivity index (χ0) is 21.0. The third kappa shape index (κ3) is 5.85. The first-order valence-electron chi connectivity index (χ1n) is 9.82. The lowest BCUT2D eigenvalue weighted by atomic mass is 9.99. The Labute approximate surface area is 175 Å². The molecule has 1 heterocycles. The van der Waals surface area contributed by atoms with Gasteiger partial charge in [0.1, 0.15) is 0 Å². The van der Waals surface area contributed by atoms with Crippen molar-refractivity contribution in [3.63, 3.8) is 0 Å². The van der Waals surface area contributed by atoms with Gasteiger partial charge in [0, 0.05) is 24.5 Å². The molecule has 2 N–H and O–H groups in total. The Morgan fingerprint density at radius 2 is 1.90 bits per heavy atom. The van der Waals surface area contributed by atoms with Crippen LogP contribution >= 0.6 is 12.2 Å². The summed E-state index contributed by atoms with van der Waals surface area (Å²) >= 11 is 5.28. The van der Waals surface area contributed by atoms with Crippen molar-refractivity contribution >= 4 is 28.7 Å². The third-order valence-corrected chi connectivity index (χ3v) is 5.43. The molecule has 2 aromatic rings. The number of nitrogens with zero attached hydrogens (tertiary/aromatic N) is 1. The van der Waals surface area contributed by atoms with Crippen molar-refractivity contribution in [2.75, 3.05) is 23.3 Å². The smallest absolute Gasteiger partial charge is 0.371 e. The van der Waals surface area contributed by atoms with E-state index in [0.717, 1.165) is 30.8 Å². The minimum absolute atomic E-state index is 0.0740. The van der Waals surface area contributed by atoms with Gasteiger partial charge >= 0.3 is 6.18 Å². The van der Waals surface area contributed by atoms with Crippen LogP contribution in [0.15, 0.2) is 48.5 Å². The molecule has 1 aliphatic rings. The summed E-state index contributed by atoms with van der Waals surface area (Å²) in [6.45, 7) is 6.42. The monoisotopic (exact) mass is 421 g/mol. The fraction of sp³-hybridized carbons (Fsp3) is 0.409. The van der Waals surface area contributed by atoms with E-state index in [2.05, 4.69) is 46.7 Å². The molecular formula is C22H26F3N3S. The molecule has 0 aliphatic carbocycles. The molecule has 2 atom stereocenters. The number of piperidine rings is 1.